The first-order valence-corrected chi connectivity index (χ1v) is 9.81. The van der Waals surface area contributed by atoms with Crippen LogP contribution in [0.3, 0.4) is 0 Å². The molecule has 2 fully saturated rings. The minimum atomic E-state index is -0.787. The van der Waals surface area contributed by atoms with Gasteiger partial charge in [-0.15, -0.1) is 0 Å². The van der Waals surface area contributed by atoms with Crippen LogP contribution in [0.25, 0.3) is 0 Å². The van der Waals surface area contributed by atoms with Gasteiger partial charge < -0.3 is 19.3 Å². The molecular formula is C20H26N4O4. The molecule has 2 aromatic rings. The number of hydrogen-bond donors (Lipinski definition) is 1. The van der Waals surface area contributed by atoms with E-state index in [1.54, 1.807) is 13.0 Å². The van der Waals surface area contributed by atoms with Gasteiger partial charge in [-0.1, -0.05) is 11.2 Å². The number of nitrogens with zero attached hydrogens (tertiary/aromatic N) is 3. The number of carbonyl (C=O) groups excluding carboxylic acids is 1. The fourth-order valence-corrected chi connectivity index (χ4v) is 3.30. The molecule has 2 aromatic heterocycles. The van der Waals surface area contributed by atoms with Gasteiger partial charge in [-0.25, -0.2) is 4.98 Å². The number of amides is 1. The second-order valence-electron chi connectivity index (χ2n) is 8.03. The molecule has 8 nitrogen and oxygen atoms in total. The molecule has 150 valence electrons. The number of carbonyl (C=O) groups is 1. The Balaban J connectivity index is 1.50. The van der Waals surface area contributed by atoms with Gasteiger partial charge in [0.15, 0.2) is 5.82 Å². The summed E-state index contributed by atoms with van der Waals surface area (Å²) in [6.07, 6.45) is 4.43. The van der Waals surface area contributed by atoms with Crippen molar-refractivity contribution in [2.45, 2.75) is 64.0 Å². The van der Waals surface area contributed by atoms with E-state index >= 15 is 0 Å². The molecule has 0 aromatic carbocycles. The van der Waals surface area contributed by atoms with Crippen LogP contribution in [-0.4, -0.2) is 40.3 Å². The summed E-state index contributed by atoms with van der Waals surface area (Å²) in [6, 6.07) is 3.70. The molecule has 1 atom stereocenters. The Labute approximate surface area is 164 Å². The molecule has 4 rings (SSSR count). The molecule has 0 spiro atoms. The van der Waals surface area contributed by atoms with Gasteiger partial charge in [0, 0.05) is 19.1 Å². The van der Waals surface area contributed by atoms with Crippen LogP contribution in [0.5, 0.6) is 5.88 Å². The molecule has 8 heteroatoms. The van der Waals surface area contributed by atoms with Crippen molar-refractivity contribution in [3.8, 4) is 5.88 Å². The fraction of sp³-hybridized carbons (Fsp3) is 0.600. The zero-order valence-electron chi connectivity index (χ0n) is 16.5. The molecule has 1 aliphatic carbocycles. The second-order valence-corrected chi connectivity index (χ2v) is 8.03. The van der Waals surface area contributed by atoms with Gasteiger partial charge >= 0.3 is 0 Å². The van der Waals surface area contributed by atoms with Crippen molar-refractivity contribution in [1.29, 1.82) is 0 Å². The summed E-state index contributed by atoms with van der Waals surface area (Å²) in [5.41, 5.74) is 0.590. The Hall–Kier alpha value is -2.48. The summed E-state index contributed by atoms with van der Waals surface area (Å²) in [4.78, 5) is 21.5. The summed E-state index contributed by atoms with van der Waals surface area (Å²) < 4.78 is 16.6. The minimum Gasteiger partial charge on any atom is -0.475 e. The lowest BCUT2D eigenvalue weighted by atomic mass is 10.0. The molecular weight excluding hydrogens is 360 g/mol. The van der Waals surface area contributed by atoms with E-state index in [9.17, 15) is 4.79 Å². The lowest BCUT2D eigenvalue weighted by Gasteiger charge is -2.22. The molecule has 1 unspecified atom stereocenters. The monoisotopic (exact) mass is 386 g/mol. The Bertz CT molecular complexity index is 854. The number of rotatable bonds is 7. The van der Waals surface area contributed by atoms with E-state index in [4.69, 9.17) is 14.0 Å². The number of hydrogen-bond acceptors (Lipinski definition) is 7. The number of nitrogens with one attached hydrogen (secondary N) is 1. The quantitative estimate of drug-likeness (QED) is 0.781. The van der Waals surface area contributed by atoms with Crippen LogP contribution in [-0.2, 0) is 10.3 Å². The highest BCUT2D eigenvalue weighted by Crippen LogP contribution is 2.43. The van der Waals surface area contributed by atoms with E-state index in [2.05, 4.69) is 20.4 Å². The van der Waals surface area contributed by atoms with Crippen molar-refractivity contribution in [1.82, 2.24) is 20.4 Å². The first-order chi connectivity index (χ1) is 13.4. The Kier molecular flexibility index (Phi) is 5.05. The van der Waals surface area contributed by atoms with Crippen molar-refractivity contribution in [3.05, 3.63) is 35.1 Å². The number of ether oxygens (including phenoxy) is 2. The largest absolute Gasteiger partial charge is 0.475 e. The van der Waals surface area contributed by atoms with Crippen molar-refractivity contribution >= 4 is 5.91 Å². The molecule has 3 heterocycles. The van der Waals surface area contributed by atoms with Gasteiger partial charge in [-0.2, -0.15) is 4.98 Å². The topological polar surface area (TPSA) is 99.4 Å². The molecule has 0 bridgehead atoms. The summed E-state index contributed by atoms with van der Waals surface area (Å²) in [6.45, 7) is 6.60. The van der Waals surface area contributed by atoms with Crippen LogP contribution in [0.15, 0.2) is 16.7 Å². The van der Waals surface area contributed by atoms with Crippen LogP contribution in [0.2, 0.25) is 0 Å². The number of aryl methyl sites for hydroxylation is 1. The normalized spacial score (nSPS) is 19.6. The predicted octanol–water partition coefficient (Wildman–Crippen LogP) is 2.87. The fourth-order valence-electron chi connectivity index (χ4n) is 3.30. The average Bonchev–Trinajstić information content (AvgIpc) is 3.17. The predicted molar refractivity (Wildman–Crippen MR) is 100 cm³/mol. The third-order valence-electron chi connectivity index (χ3n) is 5.08. The van der Waals surface area contributed by atoms with Gasteiger partial charge in [0.05, 0.1) is 11.6 Å². The smallest absolute Gasteiger partial charge is 0.270 e. The zero-order chi connectivity index (χ0) is 19.7. The molecule has 1 amide bonds. The Morgan fingerprint density at radius 3 is 2.75 bits per heavy atom. The SMILES string of the molecule is Cc1nc(C(C)(C)NC(=O)c2ccc(C3CC3)c(OCC3CCCO3)n2)no1. The Morgan fingerprint density at radius 1 is 1.29 bits per heavy atom. The molecule has 1 N–H and O–H groups in total. The summed E-state index contributed by atoms with van der Waals surface area (Å²) in [7, 11) is 0. The van der Waals surface area contributed by atoms with E-state index in [0.29, 0.717) is 35.8 Å². The maximum atomic E-state index is 12.8. The second kappa shape index (κ2) is 7.50. The van der Waals surface area contributed by atoms with E-state index in [1.807, 2.05) is 19.9 Å². The van der Waals surface area contributed by atoms with E-state index < -0.39 is 5.54 Å². The first kappa shape index (κ1) is 18.9. The van der Waals surface area contributed by atoms with Gasteiger partial charge in [0.25, 0.3) is 5.91 Å². The number of pyridine rings is 1. The lowest BCUT2D eigenvalue weighted by molar-refractivity contribution is 0.0657. The maximum Gasteiger partial charge on any atom is 0.270 e. The molecule has 1 saturated carbocycles. The van der Waals surface area contributed by atoms with Crippen molar-refractivity contribution in [2.24, 2.45) is 0 Å². The van der Waals surface area contributed by atoms with Gasteiger partial charge in [-0.3, -0.25) is 4.79 Å². The third kappa shape index (κ3) is 4.16. The maximum absolute atomic E-state index is 12.8. The van der Waals surface area contributed by atoms with E-state index in [1.165, 1.54) is 0 Å². The standard InChI is InChI=1S/C20H26N4O4/c1-12-21-19(24-28-12)20(2,3)23-17(25)16-9-8-15(13-6-7-13)18(22-16)27-11-14-5-4-10-26-14/h8-9,13-14H,4-7,10-11H2,1-3H3,(H,23,25). The van der Waals surface area contributed by atoms with E-state index in [0.717, 1.165) is 37.9 Å². The van der Waals surface area contributed by atoms with Gasteiger partial charge in [0.2, 0.25) is 11.8 Å². The van der Waals surface area contributed by atoms with Crippen LogP contribution in [0.4, 0.5) is 0 Å². The summed E-state index contributed by atoms with van der Waals surface area (Å²) >= 11 is 0. The highest BCUT2D eigenvalue weighted by Gasteiger charge is 2.31. The van der Waals surface area contributed by atoms with Crippen LogP contribution in [0.1, 0.15) is 73.2 Å². The van der Waals surface area contributed by atoms with Crippen LogP contribution < -0.4 is 10.1 Å². The lowest BCUT2D eigenvalue weighted by Crippen LogP contribution is -2.42. The first-order valence-electron chi connectivity index (χ1n) is 9.81. The van der Waals surface area contributed by atoms with Crippen molar-refractivity contribution in [3.63, 3.8) is 0 Å². The van der Waals surface area contributed by atoms with Crippen molar-refractivity contribution < 1.29 is 18.8 Å². The zero-order valence-corrected chi connectivity index (χ0v) is 16.5. The summed E-state index contributed by atoms with van der Waals surface area (Å²) in [5, 5.41) is 6.84. The highest BCUT2D eigenvalue weighted by atomic mass is 16.5. The summed E-state index contributed by atoms with van der Waals surface area (Å²) in [5.74, 6) is 1.58. The molecule has 0 radical (unpaired) electrons. The third-order valence-corrected chi connectivity index (χ3v) is 5.08. The molecule has 28 heavy (non-hydrogen) atoms. The van der Waals surface area contributed by atoms with Crippen molar-refractivity contribution in [2.75, 3.05) is 13.2 Å². The molecule has 2 aliphatic rings. The number of aromatic nitrogens is 3. The van der Waals surface area contributed by atoms with Gasteiger partial charge in [0.1, 0.15) is 12.3 Å². The highest BCUT2D eigenvalue weighted by molar-refractivity contribution is 5.93. The van der Waals surface area contributed by atoms with E-state index in [-0.39, 0.29) is 12.0 Å². The van der Waals surface area contributed by atoms with Crippen LogP contribution in [0, 0.1) is 6.92 Å². The average molecular weight is 386 g/mol. The minimum absolute atomic E-state index is 0.103. The Morgan fingerprint density at radius 2 is 2.11 bits per heavy atom. The molecule has 1 saturated heterocycles. The van der Waals surface area contributed by atoms with Crippen LogP contribution >= 0.6 is 0 Å². The van der Waals surface area contributed by atoms with Gasteiger partial charge in [-0.05, 0) is 51.5 Å². The molecule has 1 aliphatic heterocycles.